The molecule has 0 aromatic heterocycles. The van der Waals surface area contributed by atoms with E-state index in [1.807, 2.05) is 6.92 Å². The molecule has 0 radical (unpaired) electrons. The van der Waals surface area contributed by atoms with Crippen molar-refractivity contribution >= 4 is 22.6 Å². The summed E-state index contributed by atoms with van der Waals surface area (Å²) in [6.45, 7) is 2.00. The molecule has 15 heavy (non-hydrogen) atoms. The molecule has 1 aromatic carbocycles. The highest BCUT2D eigenvalue weighted by Gasteiger charge is 2.09. The second-order valence-electron chi connectivity index (χ2n) is 2.94. The van der Waals surface area contributed by atoms with Crippen LogP contribution in [0.2, 0.25) is 0 Å². The normalized spacial score (nSPS) is 9.93. The van der Waals surface area contributed by atoms with E-state index in [4.69, 9.17) is 0 Å². The lowest BCUT2D eigenvalue weighted by Crippen LogP contribution is -1.95. The quantitative estimate of drug-likeness (QED) is 0.584. The van der Waals surface area contributed by atoms with Crippen LogP contribution in [0, 0.1) is 10.1 Å². The number of carbonyl (C=O) groups is 1. The molecule has 0 aliphatic rings. The van der Waals surface area contributed by atoms with Crippen molar-refractivity contribution < 1.29 is 9.72 Å². The van der Waals surface area contributed by atoms with Gasteiger partial charge in [0.25, 0.3) is 5.69 Å². The topological polar surface area (TPSA) is 60.2 Å². The molecule has 0 heterocycles. The Kier molecular flexibility index (Phi) is 4.30. The van der Waals surface area contributed by atoms with Crippen LogP contribution in [0.1, 0.15) is 23.7 Å². The number of non-ortho nitro benzene ring substituents is 1. The van der Waals surface area contributed by atoms with E-state index >= 15 is 0 Å². The van der Waals surface area contributed by atoms with Crippen molar-refractivity contribution in [2.75, 3.05) is 5.75 Å². The van der Waals surface area contributed by atoms with Gasteiger partial charge in [-0.25, -0.2) is 0 Å². The van der Waals surface area contributed by atoms with Crippen LogP contribution in [-0.4, -0.2) is 15.8 Å². The highest BCUT2D eigenvalue weighted by atomic mass is 32.2. The number of nitrogens with zero attached hydrogens (tertiary/aromatic N) is 1. The number of benzene rings is 1. The Bertz CT molecular complexity index is 361. The molecule has 0 aliphatic heterocycles. The van der Waals surface area contributed by atoms with Crippen LogP contribution in [0.25, 0.3) is 0 Å². The first kappa shape index (κ1) is 11.7. The van der Waals surface area contributed by atoms with Gasteiger partial charge in [0.15, 0.2) is 0 Å². The summed E-state index contributed by atoms with van der Waals surface area (Å²) < 4.78 is 0. The summed E-state index contributed by atoms with van der Waals surface area (Å²) in [4.78, 5) is 21.4. The van der Waals surface area contributed by atoms with Crippen LogP contribution >= 0.6 is 11.8 Å². The fourth-order valence-corrected chi connectivity index (χ4v) is 1.69. The van der Waals surface area contributed by atoms with Crippen molar-refractivity contribution in [3.05, 3.63) is 39.9 Å². The van der Waals surface area contributed by atoms with Crippen molar-refractivity contribution in [3.63, 3.8) is 0 Å². The van der Waals surface area contributed by atoms with E-state index in [1.165, 1.54) is 36.0 Å². The van der Waals surface area contributed by atoms with E-state index < -0.39 is 4.92 Å². The van der Waals surface area contributed by atoms with Gasteiger partial charge in [0, 0.05) is 23.4 Å². The lowest BCUT2D eigenvalue weighted by Gasteiger charge is -1.98. The van der Waals surface area contributed by atoms with Gasteiger partial charge in [0.1, 0.15) is 0 Å². The van der Waals surface area contributed by atoms with Crippen LogP contribution in [0.4, 0.5) is 5.69 Å². The molecule has 0 N–H and O–H groups in total. The molecular weight excluding hydrogens is 214 g/mol. The van der Waals surface area contributed by atoms with Crippen LogP contribution in [-0.2, 0) is 0 Å². The van der Waals surface area contributed by atoms with E-state index in [0.717, 1.165) is 12.2 Å². The highest BCUT2D eigenvalue weighted by molar-refractivity contribution is 8.14. The number of nitro groups is 1. The Balaban J connectivity index is 2.71. The fourth-order valence-electron chi connectivity index (χ4n) is 0.997. The lowest BCUT2D eigenvalue weighted by molar-refractivity contribution is -0.384. The molecule has 0 spiro atoms. The number of thioether (sulfide) groups is 1. The molecular formula is C10H11NO3S. The Morgan fingerprint density at radius 2 is 2.00 bits per heavy atom. The summed E-state index contributed by atoms with van der Waals surface area (Å²) in [6, 6.07) is 5.67. The summed E-state index contributed by atoms with van der Waals surface area (Å²) in [5, 5.41) is 10.3. The zero-order chi connectivity index (χ0) is 11.3. The molecule has 0 bridgehead atoms. The van der Waals surface area contributed by atoms with Gasteiger partial charge < -0.3 is 0 Å². The fraction of sp³-hybridized carbons (Fsp3) is 0.300. The summed E-state index contributed by atoms with van der Waals surface area (Å²) in [6.07, 6.45) is 0.934. The Labute approximate surface area is 91.8 Å². The monoisotopic (exact) mass is 225 g/mol. The molecule has 0 fully saturated rings. The molecule has 1 aromatic rings. The number of hydrogen-bond acceptors (Lipinski definition) is 4. The molecule has 0 saturated heterocycles. The van der Waals surface area contributed by atoms with Gasteiger partial charge in [-0.1, -0.05) is 18.7 Å². The van der Waals surface area contributed by atoms with Crippen molar-refractivity contribution in [1.29, 1.82) is 0 Å². The minimum Gasteiger partial charge on any atom is -0.282 e. The Hall–Kier alpha value is -1.36. The number of hydrogen-bond donors (Lipinski definition) is 0. The zero-order valence-corrected chi connectivity index (χ0v) is 9.12. The minimum atomic E-state index is -0.479. The third-order valence-corrected chi connectivity index (χ3v) is 2.86. The van der Waals surface area contributed by atoms with Crippen LogP contribution < -0.4 is 0 Å². The zero-order valence-electron chi connectivity index (χ0n) is 8.30. The van der Waals surface area contributed by atoms with Gasteiger partial charge in [-0.15, -0.1) is 0 Å². The van der Waals surface area contributed by atoms with Gasteiger partial charge in [-0.2, -0.15) is 0 Å². The van der Waals surface area contributed by atoms with Crippen molar-refractivity contribution in [2.45, 2.75) is 13.3 Å². The molecule has 4 nitrogen and oxygen atoms in total. The Morgan fingerprint density at radius 3 is 2.47 bits per heavy atom. The maximum atomic E-state index is 11.5. The summed E-state index contributed by atoms with van der Waals surface area (Å²) >= 11 is 1.24. The van der Waals surface area contributed by atoms with Crippen LogP contribution in [0.5, 0.6) is 0 Å². The second kappa shape index (κ2) is 5.50. The number of nitro benzene ring substituents is 1. The molecule has 0 atom stereocenters. The lowest BCUT2D eigenvalue weighted by atomic mass is 10.2. The Morgan fingerprint density at radius 1 is 1.40 bits per heavy atom. The molecule has 0 unspecified atom stereocenters. The third-order valence-electron chi connectivity index (χ3n) is 1.75. The molecule has 1 rings (SSSR count). The molecule has 0 amide bonds. The van der Waals surface area contributed by atoms with Gasteiger partial charge in [0.05, 0.1) is 4.92 Å². The standard InChI is InChI=1S/C10H11NO3S/c1-2-7-15-10(12)8-3-5-9(6-4-8)11(13)14/h3-6H,2,7H2,1H3. The maximum Gasteiger partial charge on any atom is 0.269 e. The van der Waals surface area contributed by atoms with Crippen molar-refractivity contribution in [3.8, 4) is 0 Å². The van der Waals surface area contributed by atoms with Gasteiger partial charge in [-0.3, -0.25) is 14.9 Å². The molecule has 0 saturated carbocycles. The third kappa shape index (κ3) is 3.36. The van der Waals surface area contributed by atoms with Gasteiger partial charge in [-0.05, 0) is 18.6 Å². The van der Waals surface area contributed by atoms with Crippen LogP contribution in [0.15, 0.2) is 24.3 Å². The van der Waals surface area contributed by atoms with Gasteiger partial charge in [0.2, 0.25) is 5.12 Å². The van der Waals surface area contributed by atoms with Crippen LogP contribution in [0.3, 0.4) is 0 Å². The average Bonchev–Trinajstić information content (AvgIpc) is 2.26. The summed E-state index contributed by atoms with van der Waals surface area (Å²) in [5.74, 6) is 0.774. The first-order valence-corrected chi connectivity index (χ1v) is 5.55. The van der Waals surface area contributed by atoms with E-state index in [2.05, 4.69) is 0 Å². The van der Waals surface area contributed by atoms with Gasteiger partial charge >= 0.3 is 0 Å². The maximum absolute atomic E-state index is 11.5. The van der Waals surface area contributed by atoms with E-state index in [9.17, 15) is 14.9 Å². The first-order chi connectivity index (χ1) is 7.15. The minimum absolute atomic E-state index is 0.00652. The SMILES string of the molecule is CCCSC(=O)c1ccc([N+](=O)[O-])cc1. The predicted octanol–water partition coefficient (Wildman–Crippen LogP) is 2.88. The van der Waals surface area contributed by atoms with E-state index in [0.29, 0.717) is 5.56 Å². The van der Waals surface area contributed by atoms with E-state index in [1.54, 1.807) is 0 Å². The average molecular weight is 225 g/mol. The smallest absolute Gasteiger partial charge is 0.269 e. The molecule has 5 heteroatoms. The second-order valence-corrected chi connectivity index (χ2v) is 4.01. The largest absolute Gasteiger partial charge is 0.282 e. The van der Waals surface area contributed by atoms with E-state index in [-0.39, 0.29) is 10.8 Å². The molecule has 80 valence electrons. The number of carbonyl (C=O) groups excluding carboxylic acids is 1. The van der Waals surface area contributed by atoms with Crippen molar-refractivity contribution in [2.24, 2.45) is 0 Å². The first-order valence-electron chi connectivity index (χ1n) is 4.56. The predicted molar refractivity (Wildman–Crippen MR) is 60.2 cm³/mol. The molecule has 0 aliphatic carbocycles. The number of rotatable bonds is 4. The highest BCUT2D eigenvalue weighted by Crippen LogP contribution is 2.17. The summed E-state index contributed by atoms with van der Waals surface area (Å²) in [7, 11) is 0. The summed E-state index contributed by atoms with van der Waals surface area (Å²) in [5.41, 5.74) is 0.520. The van der Waals surface area contributed by atoms with Crippen molar-refractivity contribution in [1.82, 2.24) is 0 Å².